The number of unbranched alkanes of at least 4 members (excludes halogenated alkanes) is 1. The van der Waals surface area contributed by atoms with Crippen molar-refractivity contribution in [1.82, 2.24) is 15.5 Å². The summed E-state index contributed by atoms with van der Waals surface area (Å²) in [5.74, 6) is -1.56. The van der Waals surface area contributed by atoms with Gasteiger partial charge in [0.25, 0.3) is 0 Å². The molecule has 188 valence electrons. The fraction of sp³-hybridized carbons (Fsp3) is 0.444. The fourth-order valence-corrected chi connectivity index (χ4v) is 4.51. The van der Waals surface area contributed by atoms with Gasteiger partial charge < -0.3 is 25.4 Å². The Labute approximate surface area is 206 Å². The zero-order chi connectivity index (χ0) is 25.4. The zero-order valence-electron chi connectivity index (χ0n) is 20.6. The number of benzene rings is 2. The third-order valence-corrected chi connectivity index (χ3v) is 6.18. The number of hydrogen-bond donors (Lipinski definition) is 3. The molecule has 1 aliphatic rings. The van der Waals surface area contributed by atoms with Gasteiger partial charge in [0.1, 0.15) is 12.6 Å². The Bertz CT molecular complexity index is 993. The number of likely N-dealkylation sites (N-methyl/N-ethyl adjacent to an activating group) is 1. The second kappa shape index (κ2) is 12.4. The number of nitrogens with zero attached hydrogens (tertiary/aromatic N) is 1. The molecule has 2 amide bonds. The maximum Gasteiger partial charge on any atom is 0.407 e. The first-order valence-corrected chi connectivity index (χ1v) is 12.1. The highest BCUT2D eigenvalue weighted by Crippen LogP contribution is 2.44. The Morgan fingerprint density at radius 2 is 1.60 bits per heavy atom. The highest BCUT2D eigenvalue weighted by molar-refractivity contribution is 5.84. The average Bonchev–Trinajstić information content (AvgIpc) is 3.14. The number of amides is 2. The molecule has 0 aromatic heterocycles. The van der Waals surface area contributed by atoms with Crippen molar-refractivity contribution in [2.24, 2.45) is 0 Å². The molecule has 0 spiro atoms. The summed E-state index contributed by atoms with van der Waals surface area (Å²) in [6.45, 7) is 2.40. The smallest absolute Gasteiger partial charge is 0.407 e. The zero-order valence-corrected chi connectivity index (χ0v) is 20.6. The lowest BCUT2D eigenvalue weighted by Gasteiger charge is -2.22. The topological polar surface area (TPSA) is 108 Å². The number of nitrogens with one attached hydrogen (secondary N) is 2. The molecule has 2 atom stereocenters. The van der Waals surface area contributed by atoms with E-state index in [1.54, 1.807) is 19.0 Å². The lowest BCUT2D eigenvalue weighted by molar-refractivity contribution is -0.142. The molecule has 0 radical (unpaired) electrons. The monoisotopic (exact) mass is 481 g/mol. The molecule has 1 aliphatic carbocycles. The van der Waals surface area contributed by atoms with Crippen molar-refractivity contribution >= 4 is 18.0 Å². The summed E-state index contributed by atoms with van der Waals surface area (Å²) < 4.78 is 5.62. The molecular weight excluding hydrogens is 446 g/mol. The van der Waals surface area contributed by atoms with Gasteiger partial charge in [-0.3, -0.25) is 4.79 Å². The van der Waals surface area contributed by atoms with Crippen LogP contribution < -0.4 is 10.6 Å². The number of carbonyl (C=O) groups is 3. The van der Waals surface area contributed by atoms with E-state index in [-0.39, 0.29) is 25.5 Å². The van der Waals surface area contributed by atoms with Crippen molar-refractivity contribution in [1.29, 1.82) is 0 Å². The second-order valence-corrected chi connectivity index (χ2v) is 9.23. The van der Waals surface area contributed by atoms with Crippen LogP contribution in [0.5, 0.6) is 0 Å². The number of carboxylic acid groups (broad SMARTS) is 1. The molecule has 0 fully saturated rings. The quantitative estimate of drug-likeness (QED) is 0.428. The Morgan fingerprint density at radius 3 is 2.14 bits per heavy atom. The van der Waals surface area contributed by atoms with E-state index in [2.05, 4.69) is 34.9 Å². The van der Waals surface area contributed by atoms with Gasteiger partial charge in [-0.15, -0.1) is 0 Å². The van der Waals surface area contributed by atoms with E-state index in [0.717, 1.165) is 35.1 Å². The van der Waals surface area contributed by atoms with Gasteiger partial charge in [-0.25, -0.2) is 9.59 Å². The maximum atomic E-state index is 12.7. The highest BCUT2D eigenvalue weighted by atomic mass is 16.5. The van der Waals surface area contributed by atoms with Crippen molar-refractivity contribution < 1.29 is 24.2 Å². The lowest BCUT2D eigenvalue weighted by Crippen LogP contribution is -2.48. The van der Waals surface area contributed by atoms with Crippen LogP contribution in [-0.2, 0) is 14.3 Å². The lowest BCUT2D eigenvalue weighted by atomic mass is 9.98. The maximum absolute atomic E-state index is 12.7. The van der Waals surface area contributed by atoms with Gasteiger partial charge in [0.2, 0.25) is 5.91 Å². The SMILES string of the molecule is CCCCC(CC(=O)NC(CN(C)C)C(=O)O)NC(=O)OCC1c2ccccc2-c2ccccc21. The van der Waals surface area contributed by atoms with Crippen LogP contribution >= 0.6 is 0 Å². The molecule has 0 saturated carbocycles. The summed E-state index contributed by atoms with van der Waals surface area (Å²) in [5.41, 5.74) is 4.56. The van der Waals surface area contributed by atoms with Crippen LogP contribution in [0, 0.1) is 0 Å². The number of carbonyl (C=O) groups excluding carboxylic acids is 2. The fourth-order valence-electron chi connectivity index (χ4n) is 4.51. The van der Waals surface area contributed by atoms with Crippen LogP contribution in [0.2, 0.25) is 0 Å². The van der Waals surface area contributed by atoms with Crippen LogP contribution in [0.4, 0.5) is 4.79 Å². The number of hydrogen-bond acceptors (Lipinski definition) is 5. The predicted octanol–water partition coefficient (Wildman–Crippen LogP) is 3.61. The third-order valence-electron chi connectivity index (χ3n) is 6.18. The first kappa shape index (κ1) is 26.2. The summed E-state index contributed by atoms with van der Waals surface area (Å²) in [6.07, 6.45) is 1.73. The van der Waals surface area contributed by atoms with Crippen molar-refractivity contribution in [2.75, 3.05) is 27.2 Å². The Hall–Kier alpha value is -3.39. The predicted molar refractivity (Wildman–Crippen MR) is 134 cm³/mol. The summed E-state index contributed by atoms with van der Waals surface area (Å²) in [7, 11) is 3.48. The number of carboxylic acids is 1. The van der Waals surface area contributed by atoms with Crippen molar-refractivity contribution in [2.45, 2.75) is 50.6 Å². The largest absolute Gasteiger partial charge is 0.480 e. The van der Waals surface area contributed by atoms with E-state index < -0.39 is 30.1 Å². The molecule has 35 heavy (non-hydrogen) atoms. The van der Waals surface area contributed by atoms with E-state index in [1.165, 1.54) is 0 Å². The van der Waals surface area contributed by atoms with Gasteiger partial charge in [-0.1, -0.05) is 68.3 Å². The Kier molecular flexibility index (Phi) is 9.25. The Morgan fingerprint density at radius 1 is 1.00 bits per heavy atom. The van der Waals surface area contributed by atoms with Crippen molar-refractivity contribution in [3.63, 3.8) is 0 Å². The molecule has 0 saturated heterocycles. The van der Waals surface area contributed by atoms with Gasteiger partial charge >= 0.3 is 12.1 Å². The van der Waals surface area contributed by atoms with E-state index >= 15 is 0 Å². The minimum absolute atomic E-state index is 0.0125. The van der Waals surface area contributed by atoms with Gasteiger partial charge in [-0.05, 0) is 42.8 Å². The molecule has 3 N–H and O–H groups in total. The van der Waals surface area contributed by atoms with E-state index in [1.807, 2.05) is 31.2 Å². The number of aliphatic carboxylic acids is 1. The molecule has 0 heterocycles. The van der Waals surface area contributed by atoms with Gasteiger partial charge in [0.15, 0.2) is 0 Å². The summed E-state index contributed by atoms with van der Waals surface area (Å²) in [4.78, 5) is 38.4. The Balaban J connectivity index is 1.60. The first-order chi connectivity index (χ1) is 16.8. The van der Waals surface area contributed by atoms with Crippen LogP contribution in [0.3, 0.4) is 0 Å². The van der Waals surface area contributed by atoms with Crippen molar-refractivity contribution in [3.05, 3.63) is 59.7 Å². The van der Waals surface area contributed by atoms with E-state index in [4.69, 9.17) is 4.74 Å². The van der Waals surface area contributed by atoms with Crippen molar-refractivity contribution in [3.8, 4) is 11.1 Å². The van der Waals surface area contributed by atoms with Crippen LogP contribution in [0.1, 0.15) is 49.7 Å². The van der Waals surface area contributed by atoms with Gasteiger partial charge in [0, 0.05) is 24.9 Å². The van der Waals surface area contributed by atoms with Gasteiger partial charge in [-0.2, -0.15) is 0 Å². The molecular formula is C27H35N3O5. The average molecular weight is 482 g/mol. The molecule has 8 heteroatoms. The summed E-state index contributed by atoms with van der Waals surface area (Å²) in [5, 5.41) is 14.7. The molecule has 0 aliphatic heterocycles. The minimum atomic E-state index is -1.10. The number of alkyl carbamates (subject to hydrolysis) is 1. The second-order valence-electron chi connectivity index (χ2n) is 9.23. The molecule has 2 aromatic carbocycles. The molecule has 0 bridgehead atoms. The molecule has 2 unspecified atom stereocenters. The van der Waals surface area contributed by atoms with Crippen LogP contribution in [0.25, 0.3) is 11.1 Å². The first-order valence-electron chi connectivity index (χ1n) is 12.1. The molecule has 8 nitrogen and oxygen atoms in total. The molecule has 3 rings (SSSR count). The van der Waals surface area contributed by atoms with Crippen LogP contribution in [-0.4, -0.2) is 67.3 Å². The normalized spacial score (nSPS) is 14.1. The standard InChI is InChI=1S/C27H35N3O5/c1-4-5-10-18(15-25(31)29-24(26(32)33)16-30(2)3)28-27(34)35-17-23-21-13-8-6-11-19(21)20-12-7-9-14-22(20)23/h6-9,11-14,18,23-24H,4-5,10,15-17H2,1-3H3,(H,28,34)(H,29,31)(H,32,33). The highest BCUT2D eigenvalue weighted by Gasteiger charge is 2.29. The number of ether oxygens (including phenoxy) is 1. The summed E-state index contributed by atoms with van der Waals surface area (Å²) in [6, 6.07) is 14.8. The van der Waals surface area contributed by atoms with E-state index in [9.17, 15) is 19.5 Å². The summed E-state index contributed by atoms with van der Waals surface area (Å²) >= 11 is 0. The van der Waals surface area contributed by atoms with E-state index in [0.29, 0.717) is 6.42 Å². The number of fused-ring (bicyclic) bond motifs is 3. The molecule has 2 aromatic rings. The number of rotatable bonds is 12. The van der Waals surface area contributed by atoms with Gasteiger partial charge in [0.05, 0.1) is 0 Å². The third kappa shape index (κ3) is 7.05. The minimum Gasteiger partial charge on any atom is -0.480 e. The van der Waals surface area contributed by atoms with Crippen LogP contribution in [0.15, 0.2) is 48.5 Å².